The highest BCUT2D eigenvalue weighted by molar-refractivity contribution is 5.55. The van der Waals surface area contributed by atoms with Crippen LogP contribution in [0, 0.1) is 0 Å². The molecule has 0 spiro atoms. The Bertz CT molecular complexity index is 326. The minimum Gasteiger partial charge on any atom is -0.394 e. The van der Waals surface area contributed by atoms with Crippen LogP contribution in [0.15, 0.2) is 6.33 Å². The number of nitrogens with zero attached hydrogens (tertiary/aromatic N) is 2. The van der Waals surface area contributed by atoms with Crippen LogP contribution < -0.4 is 11.1 Å². The molecular formula is C11H20N4O. The molecule has 90 valence electrons. The summed E-state index contributed by atoms with van der Waals surface area (Å²) in [7, 11) is 0. The molecule has 0 aliphatic carbocycles. The topological polar surface area (TPSA) is 84.1 Å². The SMILES string of the molecule is CCCc1c(N)ncnc1NC(CC)CO. The average molecular weight is 224 g/mol. The quantitative estimate of drug-likeness (QED) is 0.676. The molecule has 0 saturated heterocycles. The highest BCUT2D eigenvalue weighted by atomic mass is 16.3. The second-order valence-corrected chi connectivity index (χ2v) is 3.77. The number of nitrogens with one attached hydrogen (secondary N) is 1. The minimum atomic E-state index is 0.0184. The number of nitrogens with two attached hydrogens (primary N) is 1. The van der Waals surface area contributed by atoms with Gasteiger partial charge in [0, 0.05) is 5.56 Å². The van der Waals surface area contributed by atoms with Gasteiger partial charge < -0.3 is 16.2 Å². The summed E-state index contributed by atoms with van der Waals surface area (Å²) in [5.74, 6) is 1.27. The lowest BCUT2D eigenvalue weighted by atomic mass is 10.1. The zero-order chi connectivity index (χ0) is 12.0. The Morgan fingerprint density at radius 1 is 1.44 bits per heavy atom. The normalized spacial score (nSPS) is 12.4. The van der Waals surface area contributed by atoms with Gasteiger partial charge in [-0.3, -0.25) is 0 Å². The van der Waals surface area contributed by atoms with E-state index in [1.54, 1.807) is 0 Å². The molecule has 1 heterocycles. The Labute approximate surface area is 96.1 Å². The van der Waals surface area contributed by atoms with Crippen LogP contribution in [0.25, 0.3) is 0 Å². The van der Waals surface area contributed by atoms with Gasteiger partial charge in [-0.15, -0.1) is 0 Å². The number of hydrogen-bond acceptors (Lipinski definition) is 5. The molecule has 5 heteroatoms. The molecule has 1 atom stereocenters. The van der Waals surface area contributed by atoms with Gasteiger partial charge >= 0.3 is 0 Å². The molecule has 1 unspecified atom stereocenters. The van der Waals surface area contributed by atoms with E-state index in [-0.39, 0.29) is 12.6 Å². The Hall–Kier alpha value is -1.36. The van der Waals surface area contributed by atoms with E-state index in [1.165, 1.54) is 6.33 Å². The molecule has 0 aliphatic rings. The van der Waals surface area contributed by atoms with Crippen molar-refractivity contribution in [2.75, 3.05) is 17.7 Å². The lowest BCUT2D eigenvalue weighted by Gasteiger charge is -2.17. The van der Waals surface area contributed by atoms with E-state index in [2.05, 4.69) is 22.2 Å². The first-order valence-corrected chi connectivity index (χ1v) is 5.69. The summed E-state index contributed by atoms with van der Waals surface area (Å²) in [5, 5.41) is 12.3. The molecule has 1 rings (SSSR count). The van der Waals surface area contributed by atoms with Crippen molar-refractivity contribution in [1.82, 2.24) is 9.97 Å². The van der Waals surface area contributed by atoms with Gasteiger partial charge in [0.05, 0.1) is 12.6 Å². The van der Waals surface area contributed by atoms with Crippen molar-refractivity contribution in [1.29, 1.82) is 0 Å². The van der Waals surface area contributed by atoms with Gasteiger partial charge in [0.2, 0.25) is 0 Å². The molecule has 0 bridgehead atoms. The maximum atomic E-state index is 9.14. The number of aliphatic hydroxyl groups is 1. The predicted octanol–water partition coefficient (Wildman–Crippen LogP) is 1.19. The zero-order valence-corrected chi connectivity index (χ0v) is 9.90. The van der Waals surface area contributed by atoms with Crippen LogP contribution in [0.3, 0.4) is 0 Å². The first-order chi connectivity index (χ1) is 7.72. The summed E-state index contributed by atoms with van der Waals surface area (Å²) >= 11 is 0. The molecule has 5 nitrogen and oxygen atoms in total. The third-order valence-corrected chi connectivity index (χ3v) is 2.53. The smallest absolute Gasteiger partial charge is 0.135 e. The van der Waals surface area contributed by atoms with Crippen molar-refractivity contribution in [2.45, 2.75) is 39.2 Å². The van der Waals surface area contributed by atoms with Crippen molar-refractivity contribution in [3.05, 3.63) is 11.9 Å². The number of nitrogen functional groups attached to an aromatic ring is 1. The van der Waals surface area contributed by atoms with Gasteiger partial charge in [-0.2, -0.15) is 0 Å². The molecular weight excluding hydrogens is 204 g/mol. The van der Waals surface area contributed by atoms with Gasteiger partial charge in [0.1, 0.15) is 18.0 Å². The Morgan fingerprint density at radius 3 is 2.75 bits per heavy atom. The van der Waals surface area contributed by atoms with Crippen LogP contribution >= 0.6 is 0 Å². The molecule has 0 radical (unpaired) electrons. The van der Waals surface area contributed by atoms with E-state index in [9.17, 15) is 0 Å². The van der Waals surface area contributed by atoms with E-state index in [0.29, 0.717) is 5.82 Å². The van der Waals surface area contributed by atoms with Gasteiger partial charge in [-0.25, -0.2) is 9.97 Å². The molecule has 0 saturated carbocycles. The summed E-state index contributed by atoms with van der Waals surface area (Å²) in [6.45, 7) is 4.18. The number of aromatic nitrogens is 2. The largest absolute Gasteiger partial charge is 0.394 e. The summed E-state index contributed by atoms with van der Waals surface area (Å²) in [4.78, 5) is 8.16. The van der Waals surface area contributed by atoms with Crippen LogP contribution in [0.5, 0.6) is 0 Å². The molecule has 1 aromatic heterocycles. The zero-order valence-electron chi connectivity index (χ0n) is 9.90. The second kappa shape index (κ2) is 6.27. The fourth-order valence-electron chi connectivity index (χ4n) is 1.52. The fraction of sp³-hybridized carbons (Fsp3) is 0.636. The lowest BCUT2D eigenvalue weighted by molar-refractivity contribution is 0.271. The molecule has 0 aliphatic heterocycles. The Morgan fingerprint density at radius 2 is 2.19 bits per heavy atom. The number of hydrogen-bond donors (Lipinski definition) is 3. The van der Waals surface area contributed by atoms with E-state index in [4.69, 9.17) is 10.8 Å². The van der Waals surface area contributed by atoms with Crippen LogP contribution in [-0.2, 0) is 6.42 Å². The maximum Gasteiger partial charge on any atom is 0.135 e. The Balaban J connectivity index is 2.89. The van der Waals surface area contributed by atoms with Crippen LogP contribution in [-0.4, -0.2) is 27.7 Å². The van der Waals surface area contributed by atoms with Gasteiger partial charge in [-0.1, -0.05) is 20.3 Å². The Kier molecular flexibility index (Phi) is 4.98. The molecule has 0 fully saturated rings. The van der Waals surface area contributed by atoms with E-state index < -0.39 is 0 Å². The van der Waals surface area contributed by atoms with Crippen molar-refractivity contribution in [3.63, 3.8) is 0 Å². The van der Waals surface area contributed by atoms with E-state index in [1.807, 2.05) is 6.92 Å². The molecule has 0 amide bonds. The summed E-state index contributed by atoms with van der Waals surface area (Å²) in [5.41, 5.74) is 6.75. The number of anilines is 2. The first kappa shape index (κ1) is 12.7. The maximum absolute atomic E-state index is 9.14. The van der Waals surface area contributed by atoms with E-state index in [0.717, 1.165) is 30.6 Å². The first-order valence-electron chi connectivity index (χ1n) is 5.69. The molecule has 1 aromatic rings. The van der Waals surface area contributed by atoms with E-state index >= 15 is 0 Å². The monoisotopic (exact) mass is 224 g/mol. The average Bonchev–Trinajstić information content (AvgIpc) is 2.30. The highest BCUT2D eigenvalue weighted by Gasteiger charge is 2.11. The third kappa shape index (κ3) is 3.06. The summed E-state index contributed by atoms with van der Waals surface area (Å²) in [6, 6.07) is 0.0184. The standard InChI is InChI=1S/C11H20N4O/c1-3-5-9-10(12)13-7-14-11(9)15-8(4-2)6-16/h7-8,16H,3-6H2,1-2H3,(H3,12,13,14,15). The summed E-state index contributed by atoms with van der Waals surface area (Å²) < 4.78 is 0. The molecule has 16 heavy (non-hydrogen) atoms. The van der Waals surface area contributed by atoms with Crippen molar-refractivity contribution < 1.29 is 5.11 Å². The number of rotatable bonds is 6. The molecule has 0 aromatic carbocycles. The van der Waals surface area contributed by atoms with Crippen LogP contribution in [0.1, 0.15) is 32.3 Å². The van der Waals surface area contributed by atoms with Crippen LogP contribution in [0.4, 0.5) is 11.6 Å². The van der Waals surface area contributed by atoms with Gasteiger partial charge in [-0.05, 0) is 12.8 Å². The minimum absolute atomic E-state index is 0.0184. The lowest BCUT2D eigenvalue weighted by Crippen LogP contribution is -2.24. The van der Waals surface area contributed by atoms with Crippen molar-refractivity contribution in [2.24, 2.45) is 0 Å². The van der Waals surface area contributed by atoms with Crippen molar-refractivity contribution >= 4 is 11.6 Å². The number of aliphatic hydroxyl groups excluding tert-OH is 1. The second-order valence-electron chi connectivity index (χ2n) is 3.77. The third-order valence-electron chi connectivity index (χ3n) is 2.53. The highest BCUT2D eigenvalue weighted by Crippen LogP contribution is 2.20. The summed E-state index contributed by atoms with van der Waals surface area (Å²) in [6.07, 6.45) is 4.12. The van der Waals surface area contributed by atoms with Crippen LogP contribution in [0.2, 0.25) is 0 Å². The van der Waals surface area contributed by atoms with Crippen molar-refractivity contribution in [3.8, 4) is 0 Å². The van der Waals surface area contributed by atoms with Gasteiger partial charge in [0.15, 0.2) is 0 Å². The van der Waals surface area contributed by atoms with Gasteiger partial charge in [0.25, 0.3) is 0 Å². The predicted molar refractivity (Wildman–Crippen MR) is 65.2 cm³/mol. The molecule has 4 N–H and O–H groups in total. The fourth-order valence-corrected chi connectivity index (χ4v) is 1.52.